The zero-order chi connectivity index (χ0) is 20.9. The number of benzene rings is 1. The van der Waals surface area contributed by atoms with Crippen LogP contribution in [0.15, 0.2) is 53.2 Å². The van der Waals surface area contributed by atoms with Gasteiger partial charge < -0.3 is 14.4 Å². The molecule has 0 bridgehead atoms. The molecule has 0 fully saturated rings. The number of ether oxygens (including phenoxy) is 2. The van der Waals surface area contributed by atoms with Crippen LogP contribution in [0.4, 0.5) is 0 Å². The van der Waals surface area contributed by atoms with Crippen LogP contribution in [0.5, 0.6) is 11.5 Å². The maximum atomic E-state index is 13.1. The first-order valence-electron chi connectivity index (χ1n) is 9.47. The highest BCUT2D eigenvalue weighted by Crippen LogP contribution is 2.39. The molecule has 7 heteroatoms. The van der Waals surface area contributed by atoms with E-state index < -0.39 is 0 Å². The van der Waals surface area contributed by atoms with E-state index in [2.05, 4.69) is 22.9 Å². The van der Waals surface area contributed by atoms with E-state index in [-0.39, 0.29) is 18.6 Å². The minimum atomic E-state index is -0.0479. The van der Waals surface area contributed by atoms with E-state index in [0.717, 1.165) is 12.0 Å². The Labute approximate surface area is 183 Å². The molecule has 1 atom stereocenters. The first-order chi connectivity index (χ1) is 14.7. The Balaban J connectivity index is 1.56. The molecule has 1 aliphatic heterocycles. The predicted octanol–water partition coefficient (Wildman–Crippen LogP) is 4.91. The highest BCUT2D eigenvalue weighted by atomic mass is 32.1. The number of amides is 1. The molecule has 1 aliphatic rings. The van der Waals surface area contributed by atoms with Gasteiger partial charge in [-0.3, -0.25) is 4.79 Å². The Bertz CT molecular complexity index is 1100. The average molecular weight is 437 g/mol. The molecular formula is C23H20N2O3S2. The second-order valence-corrected chi connectivity index (χ2v) is 8.67. The average Bonchev–Trinajstić information content (AvgIpc) is 3.47. The van der Waals surface area contributed by atoms with Crippen molar-refractivity contribution in [3.8, 4) is 17.6 Å². The Kier molecular flexibility index (Phi) is 6.17. The molecule has 4 rings (SSSR count). The summed E-state index contributed by atoms with van der Waals surface area (Å²) in [5, 5.41) is 12.8. The lowest BCUT2D eigenvalue weighted by atomic mass is 9.98. The van der Waals surface area contributed by atoms with Crippen molar-refractivity contribution >= 4 is 34.7 Å². The Morgan fingerprint density at radius 3 is 2.93 bits per heavy atom. The van der Waals surface area contributed by atoms with E-state index in [9.17, 15) is 4.79 Å². The highest BCUT2D eigenvalue weighted by molar-refractivity contribution is 7.10. The number of nitrogens with zero attached hydrogens (tertiary/aromatic N) is 2. The molecule has 1 amide bonds. The van der Waals surface area contributed by atoms with Crippen molar-refractivity contribution < 1.29 is 14.3 Å². The normalized spacial score (nSPS) is 15.6. The molecule has 0 saturated carbocycles. The molecule has 3 aromatic rings. The molecule has 0 spiro atoms. The SMILES string of the molecule is COc1cc(/C=C/C(=O)N2CCc3sccc3C2c2cccs2)ccc1OCC#N. The molecule has 0 radical (unpaired) electrons. The van der Waals surface area contributed by atoms with Crippen molar-refractivity contribution in [3.63, 3.8) is 0 Å². The third kappa shape index (κ3) is 4.11. The van der Waals surface area contributed by atoms with Crippen molar-refractivity contribution in [2.45, 2.75) is 12.5 Å². The van der Waals surface area contributed by atoms with Gasteiger partial charge in [-0.25, -0.2) is 0 Å². The van der Waals surface area contributed by atoms with E-state index in [4.69, 9.17) is 14.7 Å². The van der Waals surface area contributed by atoms with E-state index in [1.54, 1.807) is 54.1 Å². The lowest BCUT2D eigenvalue weighted by Gasteiger charge is -2.34. The Morgan fingerprint density at radius 1 is 1.27 bits per heavy atom. The van der Waals surface area contributed by atoms with Crippen molar-refractivity contribution in [2.75, 3.05) is 20.3 Å². The topological polar surface area (TPSA) is 62.6 Å². The van der Waals surface area contributed by atoms with Gasteiger partial charge in [0.05, 0.1) is 13.2 Å². The summed E-state index contributed by atoms with van der Waals surface area (Å²) >= 11 is 3.44. The first kappa shape index (κ1) is 20.2. The van der Waals surface area contributed by atoms with Gasteiger partial charge in [0.2, 0.25) is 5.91 Å². The van der Waals surface area contributed by atoms with Gasteiger partial charge in [-0.15, -0.1) is 22.7 Å². The summed E-state index contributed by atoms with van der Waals surface area (Å²) in [5.41, 5.74) is 2.06. The van der Waals surface area contributed by atoms with Crippen molar-refractivity contribution in [1.29, 1.82) is 5.26 Å². The fourth-order valence-electron chi connectivity index (χ4n) is 3.59. The summed E-state index contributed by atoms with van der Waals surface area (Å²) in [6.45, 7) is 0.650. The van der Waals surface area contributed by atoms with Crippen LogP contribution in [0.3, 0.4) is 0 Å². The minimum absolute atomic E-state index is 0.0194. The number of methoxy groups -OCH3 is 1. The van der Waals surface area contributed by atoms with E-state index in [1.807, 2.05) is 23.1 Å². The molecule has 3 heterocycles. The number of hydrogen-bond acceptors (Lipinski definition) is 6. The highest BCUT2D eigenvalue weighted by Gasteiger charge is 2.32. The number of fused-ring (bicyclic) bond motifs is 1. The van der Waals surface area contributed by atoms with Crippen LogP contribution >= 0.6 is 22.7 Å². The second-order valence-electron chi connectivity index (χ2n) is 6.69. The second kappa shape index (κ2) is 9.16. The molecule has 2 aromatic heterocycles. The van der Waals surface area contributed by atoms with Crippen molar-refractivity contribution in [1.82, 2.24) is 4.90 Å². The third-order valence-electron chi connectivity index (χ3n) is 4.96. The number of thiophene rings is 2. The van der Waals surface area contributed by atoms with Gasteiger partial charge in [-0.2, -0.15) is 5.26 Å². The monoisotopic (exact) mass is 436 g/mol. The van der Waals surface area contributed by atoms with E-state index >= 15 is 0 Å². The quantitative estimate of drug-likeness (QED) is 0.515. The van der Waals surface area contributed by atoms with Gasteiger partial charge in [-0.1, -0.05) is 12.1 Å². The number of carbonyl (C=O) groups excluding carboxylic acids is 1. The maximum Gasteiger partial charge on any atom is 0.247 e. The molecule has 1 aromatic carbocycles. The predicted molar refractivity (Wildman–Crippen MR) is 119 cm³/mol. The fraction of sp³-hybridized carbons (Fsp3) is 0.217. The van der Waals surface area contributed by atoms with Crippen LogP contribution in [0.2, 0.25) is 0 Å². The van der Waals surface area contributed by atoms with E-state index in [1.165, 1.54) is 15.3 Å². The van der Waals surface area contributed by atoms with Crippen LogP contribution in [-0.2, 0) is 11.2 Å². The van der Waals surface area contributed by atoms with Crippen LogP contribution in [0.1, 0.15) is 26.9 Å². The summed E-state index contributed by atoms with van der Waals surface area (Å²) in [6.07, 6.45) is 4.28. The van der Waals surface area contributed by atoms with Gasteiger partial charge in [0.1, 0.15) is 6.07 Å². The van der Waals surface area contributed by atoms with E-state index in [0.29, 0.717) is 18.0 Å². The molecule has 5 nitrogen and oxygen atoms in total. The maximum absolute atomic E-state index is 13.1. The lowest BCUT2D eigenvalue weighted by molar-refractivity contribution is -0.127. The minimum Gasteiger partial charge on any atom is -0.493 e. The molecular weight excluding hydrogens is 416 g/mol. The summed E-state index contributed by atoms with van der Waals surface area (Å²) in [5.74, 6) is 1.01. The molecule has 0 aliphatic carbocycles. The molecule has 152 valence electrons. The number of carbonyl (C=O) groups is 1. The van der Waals surface area contributed by atoms with Gasteiger partial charge >= 0.3 is 0 Å². The van der Waals surface area contributed by atoms with Crippen LogP contribution in [0, 0.1) is 11.3 Å². The number of nitriles is 1. The Hall–Kier alpha value is -3.08. The number of rotatable bonds is 6. The summed E-state index contributed by atoms with van der Waals surface area (Å²) in [4.78, 5) is 17.6. The zero-order valence-electron chi connectivity index (χ0n) is 16.4. The van der Waals surface area contributed by atoms with Crippen molar-refractivity contribution in [3.05, 3.63) is 74.1 Å². The van der Waals surface area contributed by atoms with Gasteiger partial charge in [0, 0.05) is 22.4 Å². The van der Waals surface area contributed by atoms with Crippen LogP contribution < -0.4 is 9.47 Å². The Morgan fingerprint density at radius 2 is 2.17 bits per heavy atom. The van der Waals surface area contributed by atoms with Crippen LogP contribution in [0.25, 0.3) is 6.08 Å². The van der Waals surface area contributed by atoms with Gasteiger partial charge in [0.15, 0.2) is 18.1 Å². The smallest absolute Gasteiger partial charge is 0.247 e. The standard InChI is InChI=1S/C23H20N2O3S2/c1-27-19-15-16(4-6-18(19)28-12-10-24)5-7-22(26)25-11-8-20-17(9-14-30-20)23(25)21-3-2-13-29-21/h2-7,9,13-15,23H,8,11-12H2,1H3/b7-5+. The fourth-order valence-corrected chi connectivity index (χ4v) is 5.35. The largest absolute Gasteiger partial charge is 0.493 e. The molecule has 0 N–H and O–H groups in total. The number of hydrogen-bond donors (Lipinski definition) is 0. The molecule has 30 heavy (non-hydrogen) atoms. The van der Waals surface area contributed by atoms with Gasteiger partial charge in [0.25, 0.3) is 0 Å². The first-order valence-corrected chi connectivity index (χ1v) is 11.2. The molecule has 0 saturated heterocycles. The van der Waals surface area contributed by atoms with Crippen molar-refractivity contribution in [2.24, 2.45) is 0 Å². The zero-order valence-corrected chi connectivity index (χ0v) is 18.0. The van der Waals surface area contributed by atoms with Crippen LogP contribution in [-0.4, -0.2) is 31.1 Å². The summed E-state index contributed by atoms with van der Waals surface area (Å²) in [6, 6.07) is 13.5. The summed E-state index contributed by atoms with van der Waals surface area (Å²) in [7, 11) is 1.55. The summed E-state index contributed by atoms with van der Waals surface area (Å²) < 4.78 is 10.7. The molecule has 1 unspecified atom stereocenters. The lowest BCUT2D eigenvalue weighted by Crippen LogP contribution is -2.38. The van der Waals surface area contributed by atoms with Gasteiger partial charge in [-0.05, 0) is 58.6 Å². The third-order valence-corrected chi connectivity index (χ3v) is 6.88.